The van der Waals surface area contributed by atoms with Crippen LogP contribution >= 0.6 is 0 Å². The SMILES string of the molecule is CC(C)N1CCN(C)CC1.CCC=O. The standard InChI is InChI=1S/C8H18N2.C3H6O/c1-8(2)10-6-4-9(3)5-7-10;1-2-3-4/h8H,4-7H2,1-3H3;3H,2H2,1H3. The van der Waals surface area contributed by atoms with Crippen LogP contribution in [0.25, 0.3) is 0 Å². The third kappa shape index (κ3) is 6.11. The van der Waals surface area contributed by atoms with E-state index >= 15 is 0 Å². The first-order chi connectivity index (χ1) is 6.61. The number of nitrogens with zero attached hydrogens (tertiary/aromatic N) is 2. The number of likely N-dealkylation sites (N-methyl/N-ethyl adjacent to an activating group) is 1. The molecule has 0 aromatic rings. The minimum atomic E-state index is 0.639. The predicted octanol–water partition coefficient (Wildman–Crippen LogP) is 1.24. The summed E-state index contributed by atoms with van der Waals surface area (Å²) in [6.07, 6.45) is 1.51. The van der Waals surface area contributed by atoms with Crippen LogP contribution in [0, 0.1) is 0 Å². The van der Waals surface area contributed by atoms with Gasteiger partial charge in [0.15, 0.2) is 0 Å². The summed E-state index contributed by atoms with van der Waals surface area (Å²) in [5, 5.41) is 0. The summed E-state index contributed by atoms with van der Waals surface area (Å²) in [6, 6.07) is 0.730. The number of carbonyl (C=O) groups excluding carboxylic acids is 1. The number of piperazine rings is 1. The Morgan fingerprint density at radius 1 is 1.21 bits per heavy atom. The summed E-state index contributed by atoms with van der Waals surface area (Å²) in [5.41, 5.74) is 0. The van der Waals surface area contributed by atoms with Crippen LogP contribution < -0.4 is 0 Å². The molecule has 3 heteroatoms. The van der Waals surface area contributed by atoms with E-state index in [9.17, 15) is 4.79 Å². The van der Waals surface area contributed by atoms with Gasteiger partial charge < -0.3 is 9.69 Å². The van der Waals surface area contributed by atoms with Gasteiger partial charge in [-0.2, -0.15) is 0 Å². The maximum atomic E-state index is 9.17. The van der Waals surface area contributed by atoms with Crippen LogP contribution in [0.1, 0.15) is 27.2 Å². The van der Waals surface area contributed by atoms with Crippen molar-refractivity contribution in [1.29, 1.82) is 0 Å². The van der Waals surface area contributed by atoms with Crippen molar-refractivity contribution < 1.29 is 4.79 Å². The number of hydrogen-bond acceptors (Lipinski definition) is 3. The van der Waals surface area contributed by atoms with Crippen molar-refractivity contribution in [2.45, 2.75) is 33.2 Å². The first kappa shape index (κ1) is 13.6. The first-order valence-electron chi connectivity index (χ1n) is 5.48. The Kier molecular flexibility index (Phi) is 7.71. The van der Waals surface area contributed by atoms with Crippen molar-refractivity contribution in [3.05, 3.63) is 0 Å². The van der Waals surface area contributed by atoms with Crippen LogP contribution in [-0.4, -0.2) is 55.4 Å². The fourth-order valence-corrected chi connectivity index (χ4v) is 1.34. The van der Waals surface area contributed by atoms with Gasteiger partial charge >= 0.3 is 0 Å². The summed E-state index contributed by atoms with van der Waals surface area (Å²) < 4.78 is 0. The largest absolute Gasteiger partial charge is 0.304 e. The van der Waals surface area contributed by atoms with Gasteiger partial charge in [0.2, 0.25) is 0 Å². The zero-order chi connectivity index (χ0) is 11.0. The average molecular weight is 200 g/mol. The summed E-state index contributed by atoms with van der Waals surface area (Å²) in [7, 11) is 2.19. The lowest BCUT2D eigenvalue weighted by molar-refractivity contribution is -0.107. The molecular formula is C11H24N2O. The molecule has 0 aromatic heterocycles. The molecule has 0 unspecified atom stereocenters. The molecule has 0 spiro atoms. The van der Waals surface area contributed by atoms with E-state index in [2.05, 4.69) is 30.7 Å². The van der Waals surface area contributed by atoms with Crippen LogP contribution in [0.2, 0.25) is 0 Å². The number of rotatable bonds is 2. The molecule has 0 aromatic carbocycles. The quantitative estimate of drug-likeness (QED) is 0.627. The molecule has 84 valence electrons. The van der Waals surface area contributed by atoms with E-state index in [0.29, 0.717) is 6.42 Å². The van der Waals surface area contributed by atoms with Gasteiger partial charge in [-0.1, -0.05) is 6.92 Å². The van der Waals surface area contributed by atoms with Crippen molar-refractivity contribution >= 4 is 6.29 Å². The monoisotopic (exact) mass is 200 g/mol. The van der Waals surface area contributed by atoms with Crippen LogP contribution in [-0.2, 0) is 4.79 Å². The molecule has 0 amide bonds. The third-order valence-electron chi connectivity index (χ3n) is 2.43. The Bertz CT molecular complexity index is 140. The second kappa shape index (κ2) is 7.94. The minimum absolute atomic E-state index is 0.639. The number of carbonyl (C=O) groups is 1. The smallest absolute Gasteiger partial charge is 0.119 e. The molecule has 0 N–H and O–H groups in total. The van der Waals surface area contributed by atoms with E-state index in [1.54, 1.807) is 0 Å². The topological polar surface area (TPSA) is 23.6 Å². The van der Waals surface area contributed by atoms with Gasteiger partial charge in [0, 0.05) is 38.6 Å². The molecular weight excluding hydrogens is 176 g/mol. The molecule has 1 aliphatic heterocycles. The van der Waals surface area contributed by atoms with E-state index in [4.69, 9.17) is 0 Å². The van der Waals surface area contributed by atoms with Gasteiger partial charge in [0.1, 0.15) is 6.29 Å². The number of aldehydes is 1. The van der Waals surface area contributed by atoms with Crippen molar-refractivity contribution in [2.75, 3.05) is 33.2 Å². The molecule has 0 radical (unpaired) electrons. The van der Waals surface area contributed by atoms with Gasteiger partial charge in [-0.15, -0.1) is 0 Å². The molecule has 1 heterocycles. The molecule has 1 rings (SSSR count). The van der Waals surface area contributed by atoms with E-state index in [1.807, 2.05) is 6.92 Å². The van der Waals surface area contributed by atoms with Gasteiger partial charge in [0.05, 0.1) is 0 Å². The summed E-state index contributed by atoms with van der Waals surface area (Å²) in [4.78, 5) is 14.1. The Hall–Kier alpha value is -0.410. The lowest BCUT2D eigenvalue weighted by Gasteiger charge is -2.34. The lowest BCUT2D eigenvalue weighted by atomic mass is 10.2. The zero-order valence-electron chi connectivity index (χ0n) is 9.99. The second-order valence-electron chi connectivity index (χ2n) is 4.01. The van der Waals surface area contributed by atoms with E-state index in [1.165, 1.54) is 26.2 Å². The van der Waals surface area contributed by atoms with Crippen LogP contribution in [0.3, 0.4) is 0 Å². The van der Waals surface area contributed by atoms with Crippen LogP contribution in [0.4, 0.5) is 0 Å². The van der Waals surface area contributed by atoms with Gasteiger partial charge in [-0.05, 0) is 20.9 Å². The predicted molar refractivity (Wildman–Crippen MR) is 60.6 cm³/mol. The highest BCUT2D eigenvalue weighted by atomic mass is 16.1. The molecule has 0 bridgehead atoms. The Morgan fingerprint density at radius 2 is 1.64 bits per heavy atom. The van der Waals surface area contributed by atoms with E-state index in [-0.39, 0.29) is 0 Å². The highest BCUT2D eigenvalue weighted by Crippen LogP contribution is 2.02. The highest BCUT2D eigenvalue weighted by molar-refractivity contribution is 5.48. The highest BCUT2D eigenvalue weighted by Gasteiger charge is 2.15. The first-order valence-corrected chi connectivity index (χ1v) is 5.48. The van der Waals surface area contributed by atoms with Crippen LogP contribution in [0.15, 0.2) is 0 Å². The third-order valence-corrected chi connectivity index (χ3v) is 2.43. The van der Waals surface area contributed by atoms with Crippen molar-refractivity contribution in [2.24, 2.45) is 0 Å². The van der Waals surface area contributed by atoms with Gasteiger partial charge in [0.25, 0.3) is 0 Å². The Morgan fingerprint density at radius 3 is 1.93 bits per heavy atom. The molecule has 14 heavy (non-hydrogen) atoms. The minimum Gasteiger partial charge on any atom is -0.304 e. The second-order valence-corrected chi connectivity index (χ2v) is 4.01. The van der Waals surface area contributed by atoms with E-state index in [0.717, 1.165) is 12.3 Å². The fraction of sp³-hybridized carbons (Fsp3) is 0.909. The molecule has 0 atom stereocenters. The summed E-state index contributed by atoms with van der Waals surface area (Å²) in [6.45, 7) is 11.3. The average Bonchev–Trinajstić information content (AvgIpc) is 2.19. The molecule has 0 aliphatic carbocycles. The van der Waals surface area contributed by atoms with Gasteiger partial charge in [-0.25, -0.2) is 0 Å². The summed E-state index contributed by atoms with van der Waals surface area (Å²) in [5.74, 6) is 0. The molecule has 1 saturated heterocycles. The normalized spacial score (nSPS) is 18.9. The van der Waals surface area contributed by atoms with E-state index < -0.39 is 0 Å². The Balaban J connectivity index is 0.000000364. The lowest BCUT2D eigenvalue weighted by Crippen LogP contribution is -2.47. The fourth-order valence-electron chi connectivity index (χ4n) is 1.34. The van der Waals surface area contributed by atoms with Crippen molar-refractivity contribution in [3.8, 4) is 0 Å². The summed E-state index contributed by atoms with van der Waals surface area (Å²) >= 11 is 0. The van der Waals surface area contributed by atoms with Gasteiger partial charge in [-0.3, -0.25) is 4.90 Å². The zero-order valence-corrected chi connectivity index (χ0v) is 9.99. The van der Waals surface area contributed by atoms with Crippen molar-refractivity contribution in [1.82, 2.24) is 9.80 Å². The molecule has 1 aliphatic rings. The van der Waals surface area contributed by atoms with Crippen molar-refractivity contribution in [3.63, 3.8) is 0 Å². The van der Waals surface area contributed by atoms with Crippen LogP contribution in [0.5, 0.6) is 0 Å². The molecule has 0 saturated carbocycles. The Labute approximate surface area is 88.1 Å². The molecule has 3 nitrogen and oxygen atoms in total. The maximum absolute atomic E-state index is 9.17. The molecule has 1 fully saturated rings. The maximum Gasteiger partial charge on any atom is 0.119 e. The number of hydrogen-bond donors (Lipinski definition) is 0.